The van der Waals surface area contributed by atoms with E-state index in [0.717, 1.165) is 5.75 Å². The van der Waals surface area contributed by atoms with Crippen molar-refractivity contribution >= 4 is 39.3 Å². The average molecular weight is 444 g/mol. The van der Waals surface area contributed by atoms with Gasteiger partial charge >= 0.3 is 0 Å². The standard InChI is InChI=1S/C20H18BrN3O2S/c1-13-6-3-4-7-14(13)12-27-20-22-11-17(21)18(24-20)19(25)23-15-8-5-9-16(10-15)26-2/h3-11H,12H2,1-2H3,(H,23,25). The van der Waals surface area contributed by atoms with Gasteiger partial charge in [0.25, 0.3) is 5.91 Å². The molecule has 0 bridgehead atoms. The fourth-order valence-corrected chi connectivity index (χ4v) is 3.65. The van der Waals surface area contributed by atoms with Gasteiger partial charge in [-0.25, -0.2) is 9.97 Å². The second-order valence-electron chi connectivity index (χ2n) is 5.75. The van der Waals surface area contributed by atoms with Gasteiger partial charge < -0.3 is 10.1 Å². The first-order chi connectivity index (χ1) is 13.1. The van der Waals surface area contributed by atoms with E-state index < -0.39 is 0 Å². The zero-order chi connectivity index (χ0) is 19.2. The molecule has 0 aliphatic carbocycles. The van der Waals surface area contributed by atoms with Gasteiger partial charge in [-0.05, 0) is 46.1 Å². The molecule has 1 N–H and O–H groups in total. The van der Waals surface area contributed by atoms with Gasteiger partial charge in [0.05, 0.1) is 11.6 Å². The maximum Gasteiger partial charge on any atom is 0.275 e. The van der Waals surface area contributed by atoms with Crippen molar-refractivity contribution in [3.8, 4) is 5.75 Å². The van der Waals surface area contributed by atoms with Crippen molar-refractivity contribution < 1.29 is 9.53 Å². The molecule has 1 aromatic heterocycles. The van der Waals surface area contributed by atoms with Crippen molar-refractivity contribution in [3.05, 3.63) is 76.0 Å². The maximum absolute atomic E-state index is 12.6. The highest BCUT2D eigenvalue weighted by Crippen LogP contribution is 2.24. The van der Waals surface area contributed by atoms with Crippen LogP contribution in [0.25, 0.3) is 0 Å². The lowest BCUT2D eigenvalue weighted by atomic mass is 10.1. The van der Waals surface area contributed by atoms with Crippen LogP contribution in [0.4, 0.5) is 5.69 Å². The monoisotopic (exact) mass is 443 g/mol. The van der Waals surface area contributed by atoms with Crippen molar-refractivity contribution in [2.24, 2.45) is 0 Å². The van der Waals surface area contributed by atoms with E-state index in [9.17, 15) is 4.79 Å². The second-order valence-corrected chi connectivity index (χ2v) is 7.55. The predicted molar refractivity (Wildman–Crippen MR) is 111 cm³/mol. The number of halogens is 1. The molecule has 3 aromatic rings. The number of anilines is 1. The van der Waals surface area contributed by atoms with Crippen molar-refractivity contribution in [2.75, 3.05) is 12.4 Å². The number of amides is 1. The molecule has 0 radical (unpaired) electrons. The molecule has 0 saturated carbocycles. The first-order valence-electron chi connectivity index (χ1n) is 8.22. The summed E-state index contributed by atoms with van der Waals surface area (Å²) in [6, 6.07) is 15.4. The Hall–Kier alpha value is -2.38. The summed E-state index contributed by atoms with van der Waals surface area (Å²) in [6.07, 6.45) is 1.60. The number of methoxy groups -OCH3 is 1. The molecule has 5 nitrogen and oxygen atoms in total. The van der Waals surface area contributed by atoms with Crippen molar-refractivity contribution in [3.63, 3.8) is 0 Å². The summed E-state index contributed by atoms with van der Waals surface area (Å²) in [5.41, 5.74) is 3.37. The molecule has 1 amide bonds. The Balaban J connectivity index is 1.74. The molecule has 0 aliphatic rings. The molecular formula is C20H18BrN3O2S. The fraction of sp³-hybridized carbons (Fsp3) is 0.150. The van der Waals surface area contributed by atoms with Crippen LogP contribution in [0, 0.1) is 6.92 Å². The predicted octanol–water partition coefficient (Wildman–Crippen LogP) is 5.10. The number of benzene rings is 2. The molecule has 3 rings (SSSR count). The van der Waals surface area contributed by atoms with Gasteiger partial charge in [-0.3, -0.25) is 4.79 Å². The Morgan fingerprint density at radius 1 is 1.22 bits per heavy atom. The molecule has 138 valence electrons. The van der Waals surface area contributed by atoms with E-state index in [2.05, 4.69) is 50.3 Å². The highest BCUT2D eigenvalue weighted by atomic mass is 79.9. The molecule has 0 saturated heterocycles. The minimum Gasteiger partial charge on any atom is -0.497 e. The molecule has 1 heterocycles. The lowest BCUT2D eigenvalue weighted by molar-refractivity contribution is 0.102. The zero-order valence-electron chi connectivity index (χ0n) is 14.9. The third-order valence-corrected chi connectivity index (χ3v) is 5.37. The zero-order valence-corrected chi connectivity index (χ0v) is 17.3. The summed E-state index contributed by atoms with van der Waals surface area (Å²) in [4.78, 5) is 21.4. The van der Waals surface area contributed by atoms with Gasteiger partial charge in [-0.15, -0.1) is 0 Å². The van der Waals surface area contributed by atoms with Crippen molar-refractivity contribution in [1.29, 1.82) is 0 Å². The van der Waals surface area contributed by atoms with Crippen LogP contribution < -0.4 is 10.1 Å². The Labute approximate surface area is 170 Å². The number of nitrogens with zero attached hydrogens (tertiary/aromatic N) is 2. The maximum atomic E-state index is 12.6. The summed E-state index contributed by atoms with van der Waals surface area (Å²) < 4.78 is 5.72. The van der Waals surface area contributed by atoms with E-state index in [1.54, 1.807) is 25.4 Å². The Bertz CT molecular complexity index is 965. The number of nitrogens with one attached hydrogen (secondary N) is 1. The third kappa shape index (κ3) is 5.08. The van der Waals surface area contributed by atoms with Crippen LogP contribution in [0.2, 0.25) is 0 Å². The van der Waals surface area contributed by atoms with Crippen molar-refractivity contribution in [1.82, 2.24) is 9.97 Å². The minimum atomic E-state index is -0.310. The normalized spacial score (nSPS) is 10.5. The summed E-state index contributed by atoms with van der Waals surface area (Å²) in [6.45, 7) is 2.07. The first-order valence-corrected chi connectivity index (χ1v) is 10.00. The number of ether oxygens (including phenoxy) is 1. The smallest absolute Gasteiger partial charge is 0.275 e. The quantitative estimate of drug-likeness (QED) is 0.423. The van der Waals surface area contributed by atoms with Gasteiger partial charge in [-0.1, -0.05) is 42.1 Å². The molecule has 7 heteroatoms. The minimum absolute atomic E-state index is 0.292. The van der Waals surface area contributed by atoms with E-state index in [1.165, 1.54) is 22.9 Å². The molecule has 0 atom stereocenters. The van der Waals surface area contributed by atoms with E-state index in [0.29, 0.717) is 26.8 Å². The van der Waals surface area contributed by atoms with Crippen LogP contribution in [0.3, 0.4) is 0 Å². The Kier molecular flexibility index (Phi) is 6.47. The molecule has 0 fully saturated rings. The van der Waals surface area contributed by atoms with Crippen LogP contribution in [0.5, 0.6) is 5.75 Å². The third-order valence-electron chi connectivity index (χ3n) is 3.88. The van der Waals surface area contributed by atoms with Crippen LogP contribution in [-0.4, -0.2) is 23.0 Å². The molecule has 27 heavy (non-hydrogen) atoms. The molecule has 2 aromatic carbocycles. The summed E-state index contributed by atoms with van der Waals surface area (Å²) in [7, 11) is 1.58. The van der Waals surface area contributed by atoms with Gasteiger partial charge in [0, 0.05) is 23.7 Å². The van der Waals surface area contributed by atoms with Gasteiger partial charge in [0.15, 0.2) is 5.16 Å². The van der Waals surface area contributed by atoms with E-state index in [-0.39, 0.29) is 5.91 Å². The van der Waals surface area contributed by atoms with E-state index >= 15 is 0 Å². The SMILES string of the molecule is COc1cccc(NC(=O)c2nc(SCc3ccccc3C)ncc2Br)c1. The number of carbonyl (C=O) groups is 1. The number of thioether (sulfide) groups is 1. The number of hydrogen-bond donors (Lipinski definition) is 1. The number of carbonyl (C=O) groups excluding carboxylic acids is 1. The summed E-state index contributed by atoms with van der Waals surface area (Å²) in [5, 5.41) is 3.39. The number of aromatic nitrogens is 2. The Morgan fingerprint density at radius 3 is 2.81 bits per heavy atom. The molecule has 0 spiro atoms. The van der Waals surface area contributed by atoms with Crippen LogP contribution >= 0.6 is 27.7 Å². The number of hydrogen-bond acceptors (Lipinski definition) is 5. The first kappa shape index (κ1) is 19.4. The lowest BCUT2D eigenvalue weighted by Gasteiger charge is -2.09. The topological polar surface area (TPSA) is 64.1 Å². The van der Waals surface area contributed by atoms with E-state index in [4.69, 9.17) is 4.74 Å². The molecular weight excluding hydrogens is 426 g/mol. The Morgan fingerprint density at radius 2 is 2.04 bits per heavy atom. The summed E-state index contributed by atoms with van der Waals surface area (Å²) >= 11 is 4.86. The van der Waals surface area contributed by atoms with Crippen LogP contribution in [-0.2, 0) is 5.75 Å². The summed E-state index contributed by atoms with van der Waals surface area (Å²) in [5.74, 6) is 1.10. The lowest BCUT2D eigenvalue weighted by Crippen LogP contribution is -2.15. The van der Waals surface area contributed by atoms with E-state index in [1.807, 2.05) is 24.3 Å². The number of aryl methyl sites for hydroxylation is 1. The highest BCUT2D eigenvalue weighted by molar-refractivity contribution is 9.10. The van der Waals surface area contributed by atoms with Crippen LogP contribution in [0.1, 0.15) is 21.6 Å². The highest BCUT2D eigenvalue weighted by Gasteiger charge is 2.15. The van der Waals surface area contributed by atoms with Crippen molar-refractivity contribution in [2.45, 2.75) is 17.8 Å². The fourth-order valence-electron chi connectivity index (χ4n) is 2.39. The molecule has 0 aliphatic heterocycles. The average Bonchev–Trinajstić information content (AvgIpc) is 2.68. The number of rotatable bonds is 6. The van der Waals surface area contributed by atoms with Gasteiger partial charge in [0.1, 0.15) is 11.4 Å². The van der Waals surface area contributed by atoms with Crippen LogP contribution in [0.15, 0.2) is 64.4 Å². The largest absolute Gasteiger partial charge is 0.497 e. The molecule has 0 unspecified atom stereocenters. The van der Waals surface area contributed by atoms with Gasteiger partial charge in [-0.2, -0.15) is 0 Å². The second kappa shape index (κ2) is 9.01. The van der Waals surface area contributed by atoms with Gasteiger partial charge in [0.2, 0.25) is 0 Å².